The van der Waals surface area contributed by atoms with Gasteiger partial charge in [-0.15, -0.1) is 0 Å². The van der Waals surface area contributed by atoms with Crippen LogP contribution in [0.1, 0.15) is 99.3 Å². The number of esters is 1. The number of rotatable bonds is 3. The van der Waals surface area contributed by atoms with Gasteiger partial charge in [0.2, 0.25) is 0 Å². The number of nitrogens with zero attached hydrogens (tertiary/aromatic N) is 1. The van der Waals surface area contributed by atoms with E-state index in [2.05, 4.69) is 40.7 Å². The number of carbonyl (C=O) groups excluding carboxylic acids is 3. The first kappa shape index (κ1) is 27.4. The molecule has 0 spiro atoms. The summed E-state index contributed by atoms with van der Waals surface area (Å²) in [4.78, 5) is 39.6. The van der Waals surface area contributed by atoms with Crippen molar-refractivity contribution in [2.45, 2.75) is 99.3 Å². The molecular weight excluding hydrogens is 474 g/mol. The minimum atomic E-state index is -0.472. The van der Waals surface area contributed by atoms with Crippen molar-refractivity contribution >= 4 is 17.5 Å². The van der Waals surface area contributed by atoms with Gasteiger partial charge in [0.05, 0.1) is 12.7 Å². The van der Waals surface area contributed by atoms with E-state index in [0.29, 0.717) is 6.42 Å². The Morgan fingerprint density at radius 1 is 1.05 bits per heavy atom. The average Bonchev–Trinajstić information content (AvgIpc) is 2.86. The minimum Gasteiger partial charge on any atom is -0.469 e. The molecule has 0 saturated heterocycles. The Bertz CT molecular complexity index is 1190. The van der Waals surface area contributed by atoms with Crippen LogP contribution in [0.5, 0.6) is 0 Å². The smallest absolute Gasteiger partial charge is 0.305 e. The molecule has 0 aromatic heterocycles. The molecule has 38 heavy (non-hydrogen) atoms. The molecule has 5 heteroatoms. The first-order chi connectivity index (χ1) is 17.7. The summed E-state index contributed by atoms with van der Waals surface area (Å²) in [6, 6.07) is 2.17. The van der Waals surface area contributed by atoms with Gasteiger partial charge in [0.15, 0.2) is 11.6 Å². The molecule has 0 radical (unpaired) electrons. The predicted octanol–water partition coefficient (Wildman–Crippen LogP) is 6.77. The summed E-state index contributed by atoms with van der Waals surface area (Å²) in [5.41, 5.74) is 0.683. The van der Waals surface area contributed by atoms with Gasteiger partial charge >= 0.3 is 5.97 Å². The third kappa shape index (κ3) is 3.57. The summed E-state index contributed by atoms with van der Waals surface area (Å²) in [5.74, 6) is 0.0560. The van der Waals surface area contributed by atoms with Crippen molar-refractivity contribution in [3.05, 3.63) is 23.3 Å². The lowest BCUT2D eigenvalue weighted by Crippen LogP contribution is -2.64. The zero-order valence-corrected chi connectivity index (χ0v) is 24.4. The lowest BCUT2D eigenvalue weighted by atomic mass is 9.34. The fraction of sp³-hybridized carbons (Fsp3) is 0.758. The van der Waals surface area contributed by atoms with E-state index in [9.17, 15) is 19.6 Å². The van der Waals surface area contributed by atoms with Crippen LogP contribution in [-0.4, -0.2) is 24.6 Å². The van der Waals surface area contributed by atoms with Crippen LogP contribution in [-0.2, 0) is 19.1 Å². The molecule has 5 aliphatic carbocycles. The molecule has 3 saturated carbocycles. The van der Waals surface area contributed by atoms with E-state index in [0.717, 1.165) is 56.9 Å². The number of fused-ring (bicyclic) bond motifs is 7. The lowest BCUT2D eigenvalue weighted by molar-refractivity contribution is -0.172. The molecule has 3 fully saturated rings. The first-order valence-corrected chi connectivity index (χ1v) is 14.7. The van der Waals surface area contributed by atoms with Gasteiger partial charge in [0.1, 0.15) is 6.07 Å². The van der Waals surface area contributed by atoms with E-state index in [1.54, 1.807) is 0 Å². The third-order valence-corrected chi connectivity index (χ3v) is 12.7. The summed E-state index contributed by atoms with van der Waals surface area (Å²) in [6.45, 7) is 13.5. The number of carbonyl (C=O) groups is 3. The van der Waals surface area contributed by atoms with Crippen LogP contribution < -0.4 is 0 Å². The molecule has 0 N–H and O–H groups in total. The monoisotopic (exact) mass is 519 g/mol. The van der Waals surface area contributed by atoms with E-state index in [1.807, 2.05) is 19.1 Å². The van der Waals surface area contributed by atoms with Gasteiger partial charge in [-0.1, -0.05) is 53.2 Å². The second-order valence-corrected chi connectivity index (χ2v) is 14.9. The highest BCUT2D eigenvalue weighted by Gasteiger charge is 2.68. The number of Topliss-reactive ketones (excluding diaryl/α,β-unsaturated/α-hetero) is 1. The average molecular weight is 520 g/mol. The summed E-state index contributed by atoms with van der Waals surface area (Å²) >= 11 is 0. The van der Waals surface area contributed by atoms with E-state index in [-0.39, 0.29) is 68.4 Å². The summed E-state index contributed by atoms with van der Waals surface area (Å²) in [5, 5.41) is 9.79. The molecule has 3 unspecified atom stereocenters. The quantitative estimate of drug-likeness (QED) is 0.384. The molecular formula is C33H45NO4. The standard InChI is InChI=1S/C33H45NO4/c1-20-22-8-10-31(5)25(30(22,4)17-21(19-34)28(20)37)16-24(35)27-23-18-29(2,3)12-14-33(23,11-9-26(36)38-7)15-13-32(27,31)6/h16-17,20,22-23,27H,8-15,18H2,1-7H3/t20-,22?,23?,27?,30-,31+,32+,33+/m0/s1. The van der Waals surface area contributed by atoms with E-state index in [1.165, 1.54) is 7.11 Å². The number of methoxy groups -OCH3 is 1. The largest absolute Gasteiger partial charge is 0.469 e. The van der Waals surface area contributed by atoms with Gasteiger partial charge in [-0.25, -0.2) is 0 Å². The maximum Gasteiger partial charge on any atom is 0.305 e. The summed E-state index contributed by atoms with van der Waals surface area (Å²) in [6.07, 6.45) is 12.1. The van der Waals surface area contributed by atoms with Crippen molar-refractivity contribution in [1.29, 1.82) is 5.26 Å². The van der Waals surface area contributed by atoms with Gasteiger partial charge in [0, 0.05) is 23.7 Å². The molecule has 206 valence electrons. The Morgan fingerprint density at radius 3 is 2.39 bits per heavy atom. The molecule has 5 nitrogen and oxygen atoms in total. The zero-order chi connectivity index (χ0) is 27.9. The Hall–Kier alpha value is -2.22. The molecule has 0 amide bonds. The van der Waals surface area contributed by atoms with Gasteiger partial charge < -0.3 is 4.74 Å². The number of allylic oxidation sites excluding steroid dienone is 4. The molecule has 5 aliphatic rings. The first-order valence-electron chi connectivity index (χ1n) is 14.7. The molecule has 0 aromatic rings. The topological polar surface area (TPSA) is 84.2 Å². The van der Waals surface area contributed by atoms with E-state index < -0.39 is 5.41 Å². The van der Waals surface area contributed by atoms with E-state index >= 15 is 0 Å². The third-order valence-electron chi connectivity index (χ3n) is 12.7. The Labute approximate surface area is 228 Å². The molecule has 0 aliphatic heterocycles. The number of ether oxygens (including phenoxy) is 1. The number of hydrogen-bond donors (Lipinski definition) is 0. The molecule has 0 bridgehead atoms. The van der Waals surface area contributed by atoms with Gasteiger partial charge in [-0.3, -0.25) is 14.4 Å². The molecule has 8 atom stereocenters. The number of hydrogen-bond acceptors (Lipinski definition) is 5. The van der Waals surface area contributed by atoms with Crippen LogP contribution in [0.4, 0.5) is 0 Å². The van der Waals surface area contributed by atoms with Crippen LogP contribution in [0, 0.1) is 62.1 Å². The Kier molecular flexibility index (Phi) is 6.22. The predicted molar refractivity (Wildman–Crippen MR) is 146 cm³/mol. The van der Waals surface area contributed by atoms with Gasteiger partial charge in [-0.05, 0) is 90.9 Å². The van der Waals surface area contributed by atoms with Crippen molar-refractivity contribution < 1.29 is 19.1 Å². The molecule has 5 rings (SSSR count). The fourth-order valence-electron chi connectivity index (χ4n) is 10.2. The summed E-state index contributed by atoms with van der Waals surface area (Å²) in [7, 11) is 1.46. The van der Waals surface area contributed by atoms with E-state index in [4.69, 9.17) is 4.74 Å². The van der Waals surface area contributed by atoms with Crippen molar-refractivity contribution in [2.75, 3.05) is 7.11 Å². The Balaban J connectivity index is 1.63. The number of nitriles is 1. The maximum absolute atomic E-state index is 14.4. The van der Waals surface area contributed by atoms with Gasteiger partial charge in [0.25, 0.3) is 0 Å². The van der Waals surface area contributed by atoms with Crippen LogP contribution in [0.25, 0.3) is 0 Å². The fourth-order valence-corrected chi connectivity index (χ4v) is 10.2. The summed E-state index contributed by atoms with van der Waals surface area (Å²) < 4.78 is 5.02. The second kappa shape index (κ2) is 8.64. The normalized spacial score (nSPS) is 45.3. The molecule has 0 heterocycles. The van der Waals surface area contributed by atoms with Crippen molar-refractivity contribution in [3.63, 3.8) is 0 Å². The Morgan fingerprint density at radius 2 is 1.74 bits per heavy atom. The van der Waals surface area contributed by atoms with Crippen LogP contribution in [0.3, 0.4) is 0 Å². The van der Waals surface area contributed by atoms with Crippen LogP contribution >= 0.6 is 0 Å². The highest BCUT2D eigenvalue weighted by atomic mass is 16.5. The van der Waals surface area contributed by atoms with Crippen molar-refractivity contribution in [1.82, 2.24) is 0 Å². The van der Waals surface area contributed by atoms with Gasteiger partial charge in [-0.2, -0.15) is 5.26 Å². The SMILES string of the molecule is COC(=O)CC[C@]12CCC(C)(C)CC1C1C(=O)C=C3[C@@]4(C)C=C(C#N)C(=O)[C@@H](C)C4CC[C@@]3(C)[C@]1(C)CC2. The minimum absolute atomic E-state index is 0.00793. The van der Waals surface area contributed by atoms with Crippen molar-refractivity contribution in [2.24, 2.45) is 50.7 Å². The second-order valence-electron chi connectivity index (χ2n) is 14.9. The highest BCUT2D eigenvalue weighted by Crippen LogP contribution is 2.74. The lowest BCUT2D eigenvalue weighted by Gasteiger charge is -2.69. The number of ketones is 2. The van der Waals surface area contributed by atoms with Crippen molar-refractivity contribution in [3.8, 4) is 6.07 Å². The molecule has 0 aromatic carbocycles. The highest BCUT2D eigenvalue weighted by molar-refractivity contribution is 6.02. The van der Waals surface area contributed by atoms with Crippen LogP contribution in [0.2, 0.25) is 0 Å². The maximum atomic E-state index is 14.4. The van der Waals surface area contributed by atoms with Crippen LogP contribution in [0.15, 0.2) is 23.3 Å². The zero-order valence-electron chi connectivity index (χ0n) is 24.4.